The lowest BCUT2D eigenvalue weighted by Gasteiger charge is -2.10. The van der Waals surface area contributed by atoms with Crippen molar-refractivity contribution in [2.24, 2.45) is 0 Å². The Morgan fingerprint density at radius 1 is 1.03 bits per heavy atom. The summed E-state index contributed by atoms with van der Waals surface area (Å²) in [6.07, 6.45) is 0.201. The van der Waals surface area contributed by atoms with Gasteiger partial charge in [0.15, 0.2) is 5.82 Å². The molecule has 4 rings (SSSR count). The molecular weight excluding hydrogens is 438 g/mol. The maximum Gasteiger partial charge on any atom is 0.228 e. The molecule has 2 heterocycles. The molecule has 0 aliphatic carbocycles. The second-order valence-electron chi connectivity index (χ2n) is 7.76. The molecule has 4 aromatic rings. The zero-order valence-corrected chi connectivity index (χ0v) is 19.6. The molecule has 1 N–H and O–H groups in total. The molecule has 0 saturated carbocycles. The summed E-state index contributed by atoms with van der Waals surface area (Å²) >= 11 is 6.14. The quantitative estimate of drug-likeness (QED) is 0.408. The first-order chi connectivity index (χ1) is 15.8. The molecule has 0 unspecified atom stereocenters. The number of benzene rings is 2. The summed E-state index contributed by atoms with van der Waals surface area (Å²) in [4.78, 5) is 21.2. The van der Waals surface area contributed by atoms with E-state index in [1.54, 1.807) is 41.1 Å². The summed E-state index contributed by atoms with van der Waals surface area (Å²) in [5.41, 5.74) is 4.55. The molecule has 0 aliphatic heterocycles. The average Bonchev–Trinajstić information content (AvgIpc) is 3.04. The Hall–Kier alpha value is -3.71. The number of nitrogens with zero attached hydrogens (tertiary/aromatic N) is 4. The molecule has 33 heavy (non-hydrogen) atoms. The van der Waals surface area contributed by atoms with Gasteiger partial charge in [-0.25, -0.2) is 9.67 Å². The van der Waals surface area contributed by atoms with Crippen LogP contribution in [0.1, 0.15) is 28.3 Å². The van der Waals surface area contributed by atoms with Crippen molar-refractivity contribution in [1.29, 1.82) is 0 Å². The van der Waals surface area contributed by atoms with Gasteiger partial charge in [0.05, 0.1) is 12.1 Å². The van der Waals surface area contributed by atoms with Gasteiger partial charge in [0, 0.05) is 22.5 Å². The van der Waals surface area contributed by atoms with Gasteiger partial charge in [0.2, 0.25) is 11.8 Å². The third-order valence-corrected chi connectivity index (χ3v) is 5.71. The fourth-order valence-electron chi connectivity index (χ4n) is 3.38. The summed E-state index contributed by atoms with van der Waals surface area (Å²) < 4.78 is 7.74. The summed E-state index contributed by atoms with van der Waals surface area (Å²) in [5, 5.41) is 8.01. The van der Waals surface area contributed by atoms with E-state index in [-0.39, 0.29) is 12.3 Å². The topological polar surface area (TPSA) is 81.9 Å². The monoisotopic (exact) mass is 461 g/mol. The van der Waals surface area contributed by atoms with Gasteiger partial charge in [-0.3, -0.25) is 4.79 Å². The SMILES string of the molecule is Cc1nc(Oc2ccc(NC(=O)Cc3ccccc3Cl)cc2)cc(-n2nc(C)c(C)c2C)n1. The normalized spacial score (nSPS) is 10.8. The van der Waals surface area contributed by atoms with Crippen LogP contribution in [0.2, 0.25) is 5.02 Å². The summed E-state index contributed by atoms with van der Waals surface area (Å²) in [6.45, 7) is 7.83. The predicted molar refractivity (Wildman–Crippen MR) is 128 cm³/mol. The first kappa shape index (κ1) is 22.5. The number of ether oxygens (including phenoxy) is 1. The predicted octanol–water partition coefficient (Wildman–Crippen LogP) is 5.52. The van der Waals surface area contributed by atoms with Crippen LogP contribution in [0.25, 0.3) is 5.82 Å². The number of aromatic nitrogens is 4. The number of anilines is 1. The Kier molecular flexibility index (Phi) is 6.42. The minimum absolute atomic E-state index is 0.145. The molecule has 2 aromatic heterocycles. The molecule has 2 aromatic carbocycles. The second kappa shape index (κ2) is 9.42. The molecule has 0 aliphatic rings. The molecule has 7 nitrogen and oxygen atoms in total. The van der Waals surface area contributed by atoms with Gasteiger partial charge in [-0.15, -0.1) is 0 Å². The van der Waals surface area contributed by atoms with Crippen molar-refractivity contribution in [2.75, 3.05) is 5.32 Å². The Labute approximate surface area is 197 Å². The number of nitrogens with one attached hydrogen (secondary N) is 1. The molecule has 0 radical (unpaired) electrons. The highest BCUT2D eigenvalue weighted by Crippen LogP contribution is 2.24. The molecule has 8 heteroatoms. The fraction of sp³-hybridized carbons (Fsp3) is 0.200. The van der Waals surface area contributed by atoms with E-state index in [1.165, 1.54) is 0 Å². The molecule has 1 amide bonds. The van der Waals surface area contributed by atoms with Crippen molar-refractivity contribution in [2.45, 2.75) is 34.1 Å². The molecule has 0 saturated heterocycles. The molecule has 0 bridgehead atoms. The first-order valence-corrected chi connectivity index (χ1v) is 10.9. The van der Waals surface area contributed by atoms with E-state index in [2.05, 4.69) is 20.4 Å². The van der Waals surface area contributed by atoms with Gasteiger partial charge >= 0.3 is 0 Å². The van der Waals surface area contributed by atoms with Crippen molar-refractivity contribution in [3.05, 3.63) is 88.0 Å². The van der Waals surface area contributed by atoms with E-state index in [1.807, 2.05) is 45.9 Å². The fourth-order valence-corrected chi connectivity index (χ4v) is 3.58. The van der Waals surface area contributed by atoms with Crippen LogP contribution in [0.15, 0.2) is 54.6 Å². The van der Waals surface area contributed by atoms with Crippen LogP contribution in [0.3, 0.4) is 0 Å². The van der Waals surface area contributed by atoms with Crippen molar-refractivity contribution in [3.63, 3.8) is 0 Å². The number of hydrogen-bond donors (Lipinski definition) is 1. The summed E-state index contributed by atoms with van der Waals surface area (Å²) in [5.74, 6) is 2.09. The van der Waals surface area contributed by atoms with E-state index in [0.717, 1.165) is 22.5 Å². The van der Waals surface area contributed by atoms with Crippen molar-refractivity contribution >= 4 is 23.2 Å². The molecule has 0 atom stereocenters. The third kappa shape index (κ3) is 5.21. The number of carbonyl (C=O) groups excluding carboxylic acids is 1. The van der Waals surface area contributed by atoms with E-state index < -0.39 is 0 Å². The average molecular weight is 462 g/mol. The minimum atomic E-state index is -0.145. The minimum Gasteiger partial charge on any atom is -0.439 e. The maximum atomic E-state index is 12.3. The highest BCUT2D eigenvalue weighted by atomic mass is 35.5. The smallest absolute Gasteiger partial charge is 0.228 e. The standard InChI is InChI=1S/C25H24ClN5O2/c1-15-16(2)30-31(17(15)3)23-14-25(28-18(4)27-23)33-21-11-9-20(10-12-21)29-24(32)13-19-7-5-6-8-22(19)26/h5-12,14H,13H2,1-4H3,(H,29,32). The van der Waals surface area contributed by atoms with Crippen LogP contribution < -0.4 is 10.1 Å². The molecular formula is C25H24ClN5O2. The Morgan fingerprint density at radius 3 is 2.42 bits per heavy atom. The van der Waals surface area contributed by atoms with Crippen molar-refractivity contribution in [1.82, 2.24) is 19.7 Å². The zero-order valence-electron chi connectivity index (χ0n) is 18.9. The van der Waals surface area contributed by atoms with Gasteiger partial charge in [0.25, 0.3) is 0 Å². The van der Waals surface area contributed by atoms with Crippen LogP contribution in [0.5, 0.6) is 11.6 Å². The number of carbonyl (C=O) groups is 1. The highest BCUT2D eigenvalue weighted by Gasteiger charge is 2.13. The second-order valence-corrected chi connectivity index (χ2v) is 8.17. The summed E-state index contributed by atoms with van der Waals surface area (Å²) in [6, 6.07) is 16.2. The first-order valence-electron chi connectivity index (χ1n) is 10.5. The Bertz CT molecular complexity index is 1320. The number of rotatable bonds is 6. The number of amides is 1. The van der Waals surface area contributed by atoms with Gasteiger partial charge in [0.1, 0.15) is 11.6 Å². The van der Waals surface area contributed by atoms with Crippen LogP contribution in [-0.2, 0) is 11.2 Å². The van der Waals surface area contributed by atoms with Crippen LogP contribution in [0.4, 0.5) is 5.69 Å². The number of halogens is 1. The lowest BCUT2D eigenvalue weighted by atomic mass is 10.1. The Morgan fingerprint density at radius 2 is 1.76 bits per heavy atom. The van der Waals surface area contributed by atoms with Crippen molar-refractivity contribution in [3.8, 4) is 17.4 Å². The van der Waals surface area contributed by atoms with Crippen LogP contribution in [0, 0.1) is 27.7 Å². The maximum absolute atomic E-state index is 12.3. The number of aryl methyl sites for hydroxylation is 2. The van der Waals surface area contributed by atoms with Gasteiger partial charge < -0.3 is 10.1 Å². The van der Waals surface area contributed by atoms with Gasteiger partial charge in [-0.2, -0.15) is 10.1 Å². The van der Waals surface area contributed by atoms with E-state index >= 15 is 0 Å². The van der Waals surface area contributed by atoms with Gasteiger partial charge in [-0.05, 0) is 69.2 Å². The van der Waals surface area contributed by atoms with E-state index in [4.69, 9.17) is 16.3 Å². The molecule has 0 spiro atoms. The third-order valence-electron chi connectivity index (χ3n) is 5.34. The lowest BCUT2D eigenvalue weighted by molar-refractivity contribution is -0.115. The van der Waals surface area contributed by atoms with Crippen molar-refractivity contribution < 1.29 is 9.53 Å². The van der Waals surface area contributed by atoms with E-state index in [9.17, 15) is 4.79 Å². The largest absolute Gasteiger partial charge is 0.439 e. The zero-order chi connectivity index (χ0) is 23.5. The van der Waals surface area contributed by atoms with Crippen LogP contribution in [-0.4, -0.2) is 25.7 Å². The van der Waals surface area contributed by atoms with Gasteiger partial charge in [-0.1, -0.05) is 29.8 Å². The lowest BCUT2D eigenvalue weighted by Crippen LogP contribution is -2.14. The molecule has 168 valence electrons. The van der Waals surface area contributed by atoms with E-state index in [0.29, 0.717) is 34.0 Å². The van der Waals surface area contributed by atoms with Crippen LogP contribution >= 0.6 is 11.6 Å². The highest BCUT2D eigenvalue weighted by molar-refractivity contribution is 6.31. The summed E-state index contributed by atoms with van der Waals surface area (Å²) in [7, 11) is 0. The number of hydrogen-bond acceptors (Lipinski definition) is 5. The molecule has 0 fully saturated rings. The Balaban J connectivity index is 1.46.